The molecule has 1 aromatic heterocycles. The summed E-state index contributed by atoms with van der Waals surface area (Å²) in [6.07, 6.45) is 0.603. The van der Waals surface area contributed by atoms with E-state index in [9.17, 15) is 9.59 Å². The molecule has 2 N–H and O–H groups in total. The highest BCUT2D eigenvalue weighted by molar-refractivity contribution is 5.94. The molecule has 0 saturated carbocycles. The van der Waals surface area contributed by atoms with Crippen LogP contribution in [0.2, 0.25) is 0 Å². The normalized spacial score (nSPS) is 17.3. The molecule has 1 aromatic carbocycles. The van der Waals surface area contributed by atoms with Crippen molar-refractivity contribution < 1.29 is 9.59 Å². The van der Waals surface area contributed by atoms with Gasteiger partial charge in [-0.05, 0) is 38.8 Å². The molecule has 0 unspecified atom stereocenters. The van der Waals surface area contributed by atoms with Crippen LogP contribution in [0.15, 0.2) is 18.2 Å². The highest BCUT2D eigenvalue weighted by Gasteiger charge is 2.32. The van der Waals surface area contributed by atoms with Gasteiger partial charge in [0.2, 0.25) is 5.91 Å². The molecule has 7 nitrogen and oxygen atoms in total. The minimum absolute atomic E-state index is 0.202. The summed E-state index contributed by atoms with van der Waals surface area (Å²) in [6, 6.07) is 5.98. The lowest BCUT2D eigenvalue weighted by atomic mass is 10.1. The number of benzene rings is 1. The average Bonchev–Trinajstić information content (AvgIpc) is 3.13. The van der Waals surface area contributed by atoms with Gasteiger partial charge in [-0.2, -0.15) is 9.90 Å². The van der Waals surface area contributed by atoms with Gasteiger partial charge >= 0.3 is 0 Å². The summed E-state index contributed by atoms with van der Waals surface area (Å²) < 4.78 is 0. The largest absolute Gasteiger partial charge is 0.369 e. The molecule has 0 aliphatic carbocycles. The molecule has 0 radical (unpaired) electrons. The van der Waals surface area contributed by atoms with Gasteiger partial charge in [-0.15, -0.1) is 5.10 Å². The minimum Gasteiger partial charge on any atom is -0.369 e. The third kappa shape index (κ3) is 2.89. The van der Waals surface area contributed by atoms with E-state index in [0.29, 0.717) is 30.9 Å². The number of aryl methyl sites for hydroxylation is 3. The highest BCUT2D eigenvalue weighted by Crippen LogP contribution is 2.20. The van der Waals surface area contributed by atoms with E-state index in [2.05, 4.69) is 10.2 Å². The Bertz CT molecular complexity index is 811. The average molecular weight is 327 g/mol. The topological polar surface area (TPSA) is 94.1 Å². The summed E-state index contributed by atoms with van der Waals surface area (Å²) in [5.74, 6) is -0.836. The summed E-state index contributed by atoms with van der Waals surface area (Å²) >= 11 is 0. The monoisotopic (exact) mass is 327 g/mol. The molecule has 0 spiro atoms. The summed E-state index contributed by atoms with van der Waals surface area (Å²) in [5, 5.41) is 8.77. The predicted octanol–water partition coefficient (Wildman–Crippen LogP) is 1.14. The van der Waals surface area contributed by atoms with Crippen LogP contribution >= 0.6 is 0 Å². The Morgan fingerprint density at radius 2 is 1.96 bits per heavy atom. The van der Waals surface area contributed by atoms with Crippen LogP contribution < -0.4 is 5.73 Å². The Balaban J connectivity index is 1.87. The molecule has 1 fully saturated rings. The number of carbonyl (C=O) groups excluding carboxylic acids is 2. The number of rotatable bonds is 3. The van der Waals surface area contributed by atoms with Gasteiger partial charge in [-0.25, -0.2) is 0 Å². The van der Waals surface area contributed by atoms with E-state index in [1.807, 2.05) is 32.0 Å². The van der Waals surface area contributed by atoms with E-state index in [0.717, 1.165) is 16.8 Å². The first kappa shape index (κ1) is 16.2. The zero-order valence-electron chi connectivity index (χ0n) is 14.1. The van der Waals surface area contributed by atoms with Gasteiger partial charge in [0.15, 0.2) is 5.69 Å². The Hall–Kier alpha value is -2.70. The minimum atomic E-state index is -0.360. The van der Waals surface area contributed by atoms with Crippen molar-refractivity contribution in [1.29, 1.82) is 0 Å². The third-order valence-corrected chi connectivity index (χ3v) is 4.43. The van der Waals surface area contributed by atoms with Crippen molar-refractivity contribution >= 4 is 11.8 Å². The van der Waals surface area contributed by atoms with Crippen molar-refractivity contribution in [3.8, 4) is 5.69 Å². The molecule has 2 heterocycles. The zero-order valence-corrected chi connectivity index (χ0v) is 14.1. The van der Waals surface area contributed by atoms with E-state index in [4.69, 9.17) is 5.73 Å². The first-order valence-electron chi connectivity index (χ1n) is 7.97. The highest BCUT2D eigenvalue weighted by atomic mass is 16.2. The molecule has 0 bridgehead atoms. The van der Waals surface area contributed by atoms with Gasteiger partial charge in [0.25, 0.3) is 5.91 Å². The molecule has 7 heteroatoms. The van der Waals surface area contributed by atoms with Gasteiger partial charge in [0, 0.05) is 13.1 Å². The Kier molecular flexibility index (Phi) is 4.09. The second-order valence-corrected chi connectivity index (χ2v) is 6.35. The molecule has 2 aromatic rings. The Morgan fingerprint density at radius 1 is 1.21 bits per heavy atom. The molecule has 1 atom stereocenters. The second-order valence-electron chi connectivity index (χ2n) is 6.35. The van der Waals surface area contributed by atoms with Crippen LogP contribution in [-0.4, -0.2) is 44.8 Å². The fourth-order valence-electron chi connectivity index (χ4n) is 3.04. The summed E-state index contributed by atoms with van der Waals surface area (Å²) in [7, 11) is 0. The van der Waals surface area contributed by atoms with Crippen molar-refractivity contribution in [2.45, 2.75) is 27.2 Å². The molecule has 1 aliphatic rings. The number of hydrogen-bond donors (Lipinski definition) is 1. The standard InChI is InChI=1S/C17H21N5O2/c1-10-4-5-14(11(2)8-10)22-19-12(3)15(20-22)17(24)21-7-6-13(9-21)16(18)23/h4-5,8,13H,6-7,9H2,1-3H3,(H2,18,23)/t13-/m1/s1. The van der Waals surface area contributed by atoms with Crippen LogP contribution in [-0.2, 0) is 4.79 Å². The van der Waals surface area contributed by atoms with E-state index in [1.54, 1.807) is 11.8 Å². The number of aromatic nitrogens is 3. The van der Waals surface area contributed by atoms with Crippen LogP contribution in [0.4, 0.5) is 0 Å². The first-order valence-corrected chi connectivity index (χ1v) is 7.97. The number of carbonyl (C=O) groups is 2. The Labute approximate surface area is 140 Å². The van der Waals surface area contributed by atoms with Gasteiger partial charge in [-0.1, -0.05) is 17.7 Å². The second kappa shape index (κ2) is 6.07. The summed E-state index contributed by atoms with van der Waals surface area (Å²) in [4.78, 5) is 27.1. The van der Waals surface area contributed by atoms with Gasteiger partial charge in [-0.3, -0.25) is 9.59 Å². The molecule has 1 saturated heterocycles. The molecule has 3 rings (SSSR count). The number of nitrogens with two attached hydrogens (primary N) is 1. The molecule has 24 heavy (non-hydrogen) atoms. The molecule has 126 valence electrons. The molecular formula is C17H21N5O2. The van der Waals surface area contributed by atoms with E-state index in [-0.39, 0.29) is 17.7 Å². The number of primary amides is 1. The first-order chi connectivity index (χ1) is 11.4. The van der Waals surface area contributed by atoms with Crippen molar-refractivity contribution in [3.63, 3.8) is 0 Å². The summed E-state index contributed by atoms with van der Waals surface area (Å²) in [6.45, 7) is 6.64. The predicted molar refractivity (Wildman–Crippen MR) is 88.8 cm³/mol. The van der Waals surface area contributed by atoms with Crippen LogP contribution in [0.25, 0.3) is 5.69 Å². The van der Waals surface area contributed by atoms with E-state index >= 15 is 0 Å². The van der Waals surface area contributed by atoms with Crippen molar-refractivity contribution in [2.24, 2.45) is 11.7 Å². The maximum atomic E-state index is 12.7. The summed E-state index contributed by atoms with van der Waals surface area (Å²) in [5.41, 5.74) is 9.27. The smallest absolute Gasteiger partial charge is 0.276 e. The van der Waals surface area contributed by atoms with Crippen molar-refractivity contribution in [1.82, 2.24) is 19.9 Å². The van der Waals surface area contributed by atoms with Crippen LogP contribution in [0.3, 0.4) is 0 Å². The maximum absolute atomic E-state index is 12.7. The SMILES string of the molecule is Cc1ccc(-n2nc(C)c(C(=O)N3CC[C@@H](C(N)=O)C3)n2)c(C)c1. The lowest BCUT2D eigenvalue weighted by Crippen LogP contribution is -2.32. The number of hydrogen-bond acceptors (Lipinski definition) is 4. The van der Waals surface area contributed by atoms with E-state index in [1.165, 1.54) is 4.80 Å². The third-order valence-electron chi connectivity index (χ3n) is 4.43. The van der Waals surface area contributed by atoms with Crippen LogP contribution in [0, 0.1) is 26.7 Å². The molecular weight excluding hydrogens is 306 g/mol. The quantitative estimate of drug-likeness (QED) is 0.914. The Morgan fingerprint density at radius 3 is 2.58 bits per heavy atom. The van der Waals surface area contributed by atoms with Gasteiger partial charge in [0.1, 0.15) is 0 Å². The molecule has 2 amide bonds. The van der Waals surface area contributed by atoms with Crippen molar-refractivity contribution in [3.05, 3.63) is 40.7 Å². The van der Waals surface area contributed by atoms with Crippen LogP contribution in [0.1, 0.15) is 33.7 Å². The molecule has 1 aliphatic heterocycles. The number of amides is 2. The lowest BCUT2D eigenvalue weighted by Gasteiger charge is -2.14. The van der Waals surface area contributed by atoms with Gasteiger partial charge < -0.3 is 10.6 Å². The van der Waals surface area contributed by atoms with Crippen LogP contribution in [0.5, 0.6) is 0 Å². The zero-order chi connectivity index (χ0) is 17.4. The fraction of sp³-hybridized carbons (Fsp3) is 0.412. The number of likely N-dealkylation sites (tertiary alicyclic amines) is 1. The van der Waals surface area contributed by atoms with E-state index < -0.39 is 0 Å². The van der Waals surface area contributed by atoms with Gasteiger partial charge in [0.05, 0.1) is 17.3 Å². The number of nitrogens with zero attached hydrogens (tertiary/aromatic N) is 4. The fourth-order valence-corrected chi connectivity index (χ4v) is 3.04. The van der Waals surface area contributed by atoms with Crippen molar-refractivity contribution in [2.75, 3.05) is 13.1 Å². The lowest BCUT2D eigenvalue weighted by molar-refractivity contribution is -0.121. The maximum Gasteiger partial charge on any atom is 0.276 e.